The van der Waals surface area contributed by atoms with Crippen molar-refractivity contribution in [3.63, 3.8) is 0 Å². The van der Waals surface area contributed by atoms with Gasteiger partial charge in [-0.2, -0.15) is 0 Å². The number of anilines is 2. The van der Waals surface area contributed by atoms with E-state index in [0.717, 1.165) is 6.07 Å². The van der Waals surface area contributed by atoms with E-state index in [1.54, 1.807) is 0 Å². The number of halogens is 4. The van der Waals surface area contributed by atoms with E-state index in [-0.39, 0.29) is 5.69 Å². The molecule has 2 rings (SSSR count). The number of hydrogen-bond donors (Lipinski definition) is 2. The van der Waals surface area contributed by atoms with E-state index in [1.807, 2.05) is 5.32 Å². The fraction of sp³-hybridized carbons (Fsp3) is 0. The second kappa shape index (κ2) is 5.20. The molecule has 0 aliphatic heterocycles. The molecule has 20 heavy (non-hydrogen) atoms. The molecule has 104 valence electrons. The van der Waals surface area contributed by atoms with E-state index < -0.39 is 40.4 Å². The minimum Gasteiger partial charge on any atom is -0.397 e. The fourth-order valence-corrected chi connectivity index (χ4v) is 1.61. The number of amides is 1. The first-order valence-corrected chi connectivity index (χ1v) is 5.40. The number of carbonyl (C=O) groups excluding carboxylic acids is 1. The first-order valence-electron chi connectivity index (χ1n) is 5.40. The zero-order chi connectivity index (χ0) is 14.9. The Bertz CT molecular complexity index is 645. The second-order valence-corrected chi connectivity index (χ2v) is 3.90. The van der Waals surface area contributed by atoms with Gasteiger partial charge in [-0.3, -0.25) is 4.79 Å². The van der Waals surface area contributed by atoms with Crippen molar-refractivity contribution >= 4 is 17.3 Å². The first kappa shape index (κ1) is 13.9. The molecule has 0 bridgehead atoms. The predicted molar refractivity (Wildman–Crippen MR) is 65.1 cm³/mol. The molecule has 3 nitrogen and oxygen atoms in total. The SMILES string of the molecule is Nc1cccc(F)c1NC(=O)c1c(F)cc(F)cc1F. The molecule has 0 aromatic heterocycles. The lowest BCUT2D eigenvalue weighted by Gasteiger charge is -2.10. The molecule has 0 unspecified atom stereocenters. The Morgan fingerprint density at radius 1 is 1.00 bits per heavy atom. The minimum absolute atomic E-state index is 0.110. The van der Waals surface area contributed by atoms with Gasteiger partial charge in [-0.05, 0) is 12.1 Å². The van der Waals surface area contributed by atoms with Crippen molar-refractivity contribution in [3.8, 4) is 0 Å². The zero-order valence-corrected chi connectivity index (χ0v) is 9.88. The molecule has 0 radical (unpaired) electrons. The van der Waals surface area contributed by atoms with Gasteiger partial charge in [0.1, 0.15) is 34.5 Å². The minimum atomic E-state index is -1.39. The maximum absolute atomic E-state index is 13.4. The van der Waals surface area contributed by atoms with Gasteiger partial charge in [0.15, 0.2) is 0 Å². The number of carbonyl (C=O) groups is 1. The van der Waals surface area contributed by atoms with Crippen LogP contribution in [0.25, 0.3) is 0 Å². The normalized spacial score (nSPS) is 10.4. The number of hydrogen-bond acceptors (Lipinski definition) is 2. The third-order valence-electron chi connectivity index (χ3n) is 2.52. The second-order valence-electron chi connectivity index (χ2n) is 3.90. The van der Waals surface area contributed by atoms with Gasteiger partial charge in [-0.1, -0.05) is 6.07 Å². The van der Waals surface area contributed by atoms with Crippen molar-refractivity contribution in [1.82, 2.24) is 0 Å². The van der Waals surface area contributed by atoms with Gasteiger partial charge in [0.25, 0.3) is 5.91 Å². The zero-order valence-electron chi connectivity index (χ0n) is 9.88. The third kappa shape index (κ3) is 2.56. The van der Waals surface area contributed by atoms with Gasteiger partial charge >= 0.3 is 0 Å². The van der Waals surface area contributed by atoms with Crippen LogP contribution >= 0.6 is 0 Å². The number of nitrogens with two attached hydrogens (primary N) is 1. The average molecular weight is 284 g/mol. The summed E-state index contributed by atoms with van der Waals surface area (Å²) in [6.07, 6.45) is 0. The van der Waals surface area contributed by atoms with E-state index >= 15 is 0 Å². The molecule has 0 aliphatic rings. The summed E-state index contributed by atoms with van der Waals surface area (Å²) >= 11 is 0. The smallest absolute Gasteiger partial charge is 0.261 e. The van der Waals surface area contributed by atoms with E-state index in [0.29, 0.717) is 12.1 Å². The van der Waals surface area contributed by atoms with Gasteiger partial charge in [-0.25, -0.2) is 17.6 Å². The summed E-state index contributed by atoms with van der Waals surface area (Å²) < 4.78 is 53.0. The number of nitrogens with one attached hydrogen (secondary N) is 1. The molecule has 0 saturated carbocycles. The summed E-state index contributed by atoms with van der Waals surface area (Å²) in [6.45, 7) is 0. The number of nitrogen functional groups attached to an aromatic ring is 1. The molecular weight excluding hydrogens is 276 g/mol. The molecule has 0 spiro atoms. The van der Waals surface area contributed by atoms with Crippen molar-refractivity contribution < 1.29 is 22.4 Å². The number of para-hydroxylation sites is 1. The van der Waals surface area contributed by atoms with Crippen LogP contribution in [-0.4, -0.2) is 5.91 Å². The average Bonchev–Trinajstić information content (AvgIpc) is 2.32. The van der Waals surface area contributed by atoms with Crippen molar-refractivity contribution in [2.24, 2.45) is 0 Å². The van der Waals surface area contributed by atoms with Crippen LogP contribution < -0.4 is 11.1 Å². The monoisotopic (exact) mass is 284 g/mol. The highest BCUT2D eigenvalue weighted by Gasteiger charge is 2.20. The Labute approximate surface area is 111 Å². The molecule has 0 heterocycles. The van der Waals surface area contributed by atoms with Crippen LogP contribution in [-0.2, 0) is 0 Å². The number of rotatable bonds is 2. The van der Waals surface area contributed by atoms with E-state index in [2.05, 4.69) is 0 Å². The number of benzene rings is 2. The van der Waals surface area contributed by atoms with E-state index in [1.165, 1.54) is 12.1 Å². The molecule has 2 aromatic carbocycles. The third-order valence-corrected chi connectivity index (χ3v) is 2.52. The lowest BCUT2D eigenvalue weighted by Crippen LogP contribution is -2.18. The molecule has 0 fully saturated rings. The summed E-state index contributed by atoms with van der Waals surface area (Å²) in [5, 5.41) is 1.95. The highest BCUT2D eigenvalue weighted by molar-refractivity contribution is 6.06. The van der Waals surface area contributed by atoms with Crippen LogP contribution in [0.15, 0.2) is 30.3 Å². The van der Waals surface area contributed by atoms with Gasteiger partial charge in [0, 0.05) is 12.1 Å². The molecular formula is C13H8F4N2O. The van der Waals surface area contributed by atoms with E-state index in [4.69, 9.17) is 5.73 Å². The van der Waals surface area contributed by atoms with Crippen molar-refractivity contribution in [1.29, 1.82) is 0 Å². The van der Waals surface area contributed by atoms with E-state index in [9.17, 15) is 22.4 Å². The quantitative estimate of drug-likeness (QED) is 0.657. The summed E-state index contributed by atoms with van der Waals surface area (Å²) in [4.78, 5) is 11.7. The molecule has 0 aliphatic carbocycles. The van der Waals surface area contributed by atoms with Crippen molar-refractivity contribution in [2.45, 2.75) is 0 Å². The molecule has 0 saturated heterocycles. The van der Waals surface area contributed by atoms with Crippen LogP contribution in [0, 0.1) is 23.3 Å². The van der Waals surface area contributed by atoms with Gasteiger partial charge in [0.05, 0.1) is 5.69 Å². The van der Waals surface area contributed by atoms with Crippen LogP contribution in [0.5, 0.6) is 0 Å². The maximum atomic E-state index is 13.4. The topological polar surface area (TPSA) is 55.1 Å². The molecule has 2 aromatic rings. The molecule has 1 amide bonds. The summed E-state index contributed by atoms with van der Waals surface area (Å²) in [6, 6.07) is 4.32. The van der Waals surface area contributed by atoms with Crippen molar-refractivity contribution in [3.05, 3.63) is 59.2 Å². The molecule has 3 N–H and O–H groups in total. The lowest BCUT2D eigenvalue weighted by molar-refractivity contribution is 0.101. The van der Waals surface area contributed by atoms with Crippen LogP contribution in [0.3, 0.4) is 0 Å². The summed E-state index contributed by atoms with van der Waals surface area (Å²) in [5.41, 5.74) is 3.91. The van der Waals surface area contributed by atoms with Gasteiger partial charge < -0.3 is 11.1 Å². The summed E-state index contributed by atoms with van der Waals surface area (Å²) in [7, 11) is 0. The first-order chi connectivity index (χ1) is 9.40. The van der Waals surface area contributed by atoms with Gasteiger partial charge in [0.2, 0.25) is 0 Å². The molecule has 0 atom stereocenters. The van der Waals surface area contributed by atoms with Crippen LogP contribution in [0.1, 0.15) is 10.4 Å². The van der Waals surface area contributed by atoms with Crippen molar-refractivity contribution in [2.75, 3.05) is 11.1 Å². The highest BCUT2D eigenvalue weighted by atomic mass is 19.1. The Morgan fingerprint density at radius 3 is 2.15 bits per heavy atom. The largest absolute Gasteiger partial charge is 0.397 e. The Morgan fingerprint density at radius 2 is 1.60 bits per heavy atom. The lowest BCUT2D eigenvalue weighted by atomic mass is 10.1. The standard InChI is InChI=1S/C13H8F4N2O/c14-6-4-8(16)11(9(17)5-6)13(20)19-12-7(15)2-1-3-10(12)18/h1-5H,18H2,(H,19,20). The Hall–Kier alpha value is -2.57. The maximum Gasteiger partial charge on any atom is 0.261 e. The van der Waals surface area contributed by atoms with Crippen LogP contribution in [0.4, 0.5) is 28.9 Å². The molecule has 7 heteroatoms. The predicted octanol–water partition coefficient (Wildman–Crippen LogP) is 3.08. The highest BCUT2D eigenvalue weighted by Crippen LogP contribution is 2.24. The van der Waals surface area contributed by atoms with Crippen LogP contribution in [0.2, 0.25) is 0 Å². The Balaban J connectivity index is 2.39. The Kier molecular flexibility index (Phi) is 3.60. The summed E-state index contributed by atoms with van der Waals surface area (Å²) in [5.74, 6) is -6.08. The van der Waals surface area contributed by atoms with Gasteiger partial charge in [-0.15, -0.1) is 0 Å². The fourth-order valence-electron chi connectivity index (χ4n) is 1.61.